The molecule has 0 saturated heterocycles. The molecule has 0 bridgehead atoms. The van der Waals surface area contributed by atoms with Crippen LogP contribution in [-0.2, 0) is 0 Å². The molecule has 0 spiro atoms. The number of anilines is 1. The Morgan fingerprint density at radius 2 is 2.12 bits per heavy atom. The molecule has 0 fully saturated rings. The molecule has 1 unspecified atom stereocenters. The lowest BCUT2D eigenvalue weighted by Gasteiger charge is -2.24. The number of para-hydroxylation sites is 1. The van der Waals surface area contributed by atoms with Crippen LogP contribution in [0, 0.1) is 11.3 Å². The fraction of sp³-hybridized carbons (Fsp3) is 0.308. The lowest BCUT2D eigenvalue weighted by Crippen LogP contribution is -2.29. The molecule has 2 rings (SSSR count). The number of hydrogen-bond acceptors (Lipinski definition) is 4. The van der Waals surface area contributed by atoms with Gasteiger partial charge in [-0.1, -0.05) is 12.1 Å². The molecule has 4 nitrogen and oxygen atoms in total. The van der Waals surface area contributed by atoms with E-state index in [2.05, 4.69) is 16.0 Å². The Morgan fingerprint density at radius 1 is 1.35 bits per heavy atom. The molecule has 1 aromatic carbocycles. The van der Waals surface area contributed by atoms with Crippen molar-refractivity contribution in [1.82, 2.24) is 9.97 Å². The van der Waals surface area contributed by atoms with Crippen molar-refractivity contribution in [3.8, 4) is 6.07 Å². The molecule has 1 heterocycles. The second-order valence-electron chi connectivity index (χ2n) is 4.04. The van der Waals surface area contributed by atoms with Gasteiger partial charge in [0.15, 0.2) is 0 Å². The third-order valence-corrected chi connectivity index (χ3v) is 2.90. The fourth-order valence-corrected chi connectivity index (χ4v) is 1.75. The minimum Gasteiger partial charge on any atom is -0.355 e. The molecular formula is C13H14N4. The molecule has 17 heavy (non-hydrogen) atoms. The fourth-order valence-electron chi connectivity index (χ4n) is 1.75. The highest BCUT2D eigenvalue weighted by Crippen LogP contribution is 2.23. The zero-order valence-electron chi connectivity index (χ0n) is 9.96. The first kappa shape index (κ1) is 11.3. The van der Waals surface area contributed by atoms with Crippen molar-refractivity contribution in [2.24, 2.45) is 0 Å². The Labute approximate surface area is 101 Å². The molecule has 2 aromatic rings. The van der Waals surface area contributed by atoms with E-state index in [0.717, 1.165) is 16.7 Å². The van der Waals surface area contributed by atoms with Crippen molar-refractivity contribution in [3.05, 3.63) is 30.6 Å². The van der Waals surface area contributed by atoms with E-state index in [1.807, 2.05) is 43.1 Å². The van der Waals surface area contributed by atoms with Crippen molar-refractivity contribution in [3.63, 3.8) is 0 Å². The van der Waals surface area contributed by atoms with Crippen molar-refractivity contribution in [2.75, 3.05) is 11.9 Å². The Balaban J connectivity index is 2.45. The van der Waals surface area contributed by atoms with E-state index in [1.165, 1.54) is 0 Å². The van der Waals surface area contributed by atoms with Crippen LogP contribution in [0.3, 0.4) is 0 Å². The molecule has 0 amide bonds. The van der Waals surface area contributed by atoms with E-state index in [4.69, 9.17) is 5.26 Å². The molecule has 0 aliphatic heterocycles. The van der Waals surface area contributed by atoms with Gasteiger partial charge in [-0.25, -0.2) is 9.97 Å². The van der Waals surface area contributed by atoms with E-state index >= 15 is 0 Å². The average molecular weight is 226 g/mol. The topological polar surface area (TPSA) is 52.8 Å². The molecule has 0 radical (unpaired) electrons. The number of benzene rings is 1. The predicted octanol–water partition coefficient (Wildman–Crippen LogP) is 2.37. The van der Waals surface area contributed by atoms with Gasteiger partial charge in [-0.05, 0) is 19.1 Å². The Hall–Kier alpha value is -2.15. The molecule has 86 valence electrons. The normalized spacial score (nSPS) is 12.1. The van der Waals surface area contributed by atoms with E-state index in [9.17, 15) is 0 Å². The number of fused-ring (bicyclic) bond motifs is 1. The van der Waals surface area contributed by atoms with Crippen LogP contribution in [0.5, 0.6) is 0 Å². The van der Waals surface area contributed by atoms with Gasteiger partial charge in [-0.15, -0.1) is 0 Å². The van der Waals surface area contributed by atoms with Gasteiger partial charge in [0, 0.05) is 18.5 Å². The first-order chi connectivity index (χ1) is 8.24. The van der Waals surface area contributed by atoms with Gasteiger partial charge >= 0.3 is 0 Å². The number of nitrogens with zero attached hydrogens (tertiary/aromatic N) is 4. The molecule has 0 saturated carbocycles. The Morgan fingerprint density at radius 3 is 2.88 bits per heavy atom. The van der Waals surface area contributed by atoms with E-state index in [1.54, 1.807) is 6.33 Å². The maximum absolute atomic E-state index is 8.74. The maximum Gasteiger partial charge on any atom is 0.139 e. The highest BCUT2D eigenvalue weighted by atomic mass is 15.2. The SMILES string of the molecule is CC(CC#N)N(C)c1ncnc2ccccc12. The largest absolute Gasteiger partial charge is 0.355 e. The molecule has 1 aromatic heterocycles. The van der Waals surface area contributed by atoms with Crippen molar-refractivity contribution in [1.29, 1.82) is 5.26 Å². The Kier molecular flexibility index (Phi) is 3.20. The summed E-state index contributed by atoms with van der Waals surface area (Å²) in [5, 5.41) is 9.75. The summed E-state index contributed by atoms with van der Waals surface area (Å²) in [5.74, 6) is 0.873. The first-order valence-corrected chi connectivity index (χ1v) is 5.53. The summed E-state index contributed by atoms with van der Waals surface area (Å²) < 4.78 is 0. The van der Waals surface area contributed by atoms with E-state index in [0.29, 0.717) is 6.42 Å². The lowest BCUT2D eigenvalue weighted by molar-refractivity contribution is 0.696. The molecule has 0 aliphatic rings. The second-order valence-corrected chi connectivity index (χ2v) is 4.04. The van der Waals surface area contributed by atoms with Crippen LogP contribution in [0.15, 0.2) is 30.6 Å². The third-order valence-electron chi connectivity index (χ3n) is 2.90. The van der Waals surface area contributed by atoms with Crippen LogP contribution >= 0.6 is 0 Å². The van der Waals surface area contributed by atoms with Gasteiger partial charge in [-0.2, -0.15) is 5.26 Å². The van der Waals surface area contributed by atoms with Gasteiger partial charge in [0.2, 0.25) is 0 Å². The smallest absolute Gasteiger partial charge is 0.139 e. The minimum absolute atomic E-state index is 0.137. The third kappa shape index (κ3) is 2.18. The number of hydrogen-bond donors (Lipinski definition) is 0. The van der Waals surface area contributed by atoms with Crippen molar-refractivity contribution >= 4 is 16.7 Å². The van der Waals surface area contributed by atoms with Crippen LogP contribution in [0.2, 0.25) is 0 Å². The first-order valence-electron chi connectivity index (χ1n) is 5.53. The second kappa shape index (κ2) is 4.79. The summed E-state index contributed by atoms with van der Waals surface area (Å²) >= 11 is 0. The summed E-state index contributed by atoms with van der Waals surface area (Å²) in [6.45, 7) is 2.01. The molecular weight excluding hydrogens is 212 g/mol. The van der Waals surface area contributed by atoms with Gasteiger partial charge in [0.05, 0.1) is 18.0 Å². The molecule has 0 N–H and O–H groups in total. The molecule has 0 aliphatic carbocycles. The number of aromatic nitrogens is 2. The van der Waals surface area contributed by atoms with Crippen LogP contribution < -0.4 is 4.90 Å². The van der Waals surface area contributed by atoms with Crippen LogP contribution in [-0.4, -0.2) is 23.1 Å². The van der Waals surface area contributed by atoms with Crippen molar-refractivity contribution < 1.29 is 0 Å². The Bertz CT molecular complexity index is 553. The summed E-state index contributed by atoms with van der Waals surface area (Å²) in [7, 11) is 1.96. The highest BCUT2D eigenvalue weighted by molar-refractivity contribution is 5.89. The molecule has 4 heteroatoms. The summed E-state index contributed by atoms with van der Waals surface area (Å²) in [5.41, 5.74) is 0.925. The monoisotopic (exact) mass is 226 g/mol. The molecule has 1 atom stereocenters. The minimum atomic E-state index is 0.137. The van der Waals surface area contributed by atoms with E-state index < -0.39 is 0 Å². The number of rotatable bonds is 3. The summed E-state index contributed by atoms with van der Waals surface area (Å²) in [6.07, 6.45) is 2.04. The summed E-state index contributed by atoms with van der Waals surface area (Å²) in [6, 6.07) is 10.2. The standard InChI is InChI=1S/C13H14N4/c1-10(7-8-14)17(2)13-11-5-3-4-6-12(11)15-9-16-13/h3-6,9-10H,7H2,1-2H3. The van der Waals surface area contributed by atoms with Gasteiger partial charge in [-0.3, -0.25) is 0 Å². The zero-order valence-corrected chi connectivity index (χ0v) is 9.96. The van der Waals surface area contributed by atoms with Crippen LogP contribution in [0.4, 0.5) is 5.82 Å². The summed E-state index contributed by atoms with van der Waals surface area (Å²) in [4.78, 5) is 10.6. The average Bonchev–Trinajstić information content (AvgIpc) is 2.37. The van der Waals surface area contributed by atoms with Gasteiger partial charge in [0.25, 0.3) is 0 Å². The van der Waals surface area contributed by atoms with Gasteiger partial charge in [0.1, 0.15) is 12.1 Å². The van der Waals surface area contributed by atoms with Gasteiger partial charge < -0.3 is 4.90 Å². The predicted molar refractivity (Wildman–Crippen MR) is 67.6 cm³/mol. The number of nitriles is 1. The zero-order chi connectivity index (χ0) is 12.3. The van der Waals surface area contributed by atoms with Crippen molar-refractivity contribution in [2.45, 2.75) is 19.4 Å². The van der Waals surface area contributed by atoms with Crippen LogP contribution in [0.25, 0.3) is 10.9 Å². The maximum atomic E-state index is 8.74. The highest BCUT2D eigenvalue weighted by Gasteiger charge is 2.13. The van der Waals surface area contributed by atoms with E-state index in [-0.39, 0.29) is 6.04 Å². The van der Waals surface area contributed by atoms with Crippen LogP contribution in [0.1, 0.15) is 13.3 Å². The lowest BCUT2D eigenvalue weighted by atomic mass is 10.2. The quantitative estimate of drug-likeness (QED) is 0.806.